The van der Waals surface area contributed by atoms with Crippen molar-refractivity contribution in [2.24, 2.45) is 0 Å². The average molecular weight is 1320 g/mol. The molecule has 8 nitrogen and oxygen atoms in total. The van der Waals surface area contributed by atoms with Gasteiger partial charge in [0.25, 0.3) is 0 Å². The third kappa shape index (κ3) is 9.12. The van der Waals surface area contributed by atoms with E-state index < -0.39 is 7.12 Å². The van der Waals surface area contributed by atoms with Gasteiger partial charge in [0.05, 0.1) is 44.1 Å². The van der Waals surface area contributed by atoms with Gasteiger partial charge < -0.3 is 37.2 Å². The van der Waals surface area contributed by atoms with E-state index in [0.717, 1.165) is 77.4 Å². The lowest BCUT2D eigenvalue weighted by Gasteiger charge is -2.08. The number of nitrogens with zero attached hydrogens (tertiary/aromatic N) is 4. The Kier molecular flexibility index (Phi) is 13.2. The molecule has 0 aliphatic carbocycles. The summed E-state index contributed by atoms with van der Waals surface area (Å²) in [5.74, 6) is 0. The number of fused-ring (bicyclic) bond motifs is 18. The number of benzene rings is 14. The Bertz CT molecular complexity index is 6260. The zero-order valence-electron chi connectivity index (χ0n) is 50.5. The van der Waals surface area contributed by atoms with E-state index in [1.807, 2.05) is 42.5 Å². The summed E-state index contributed by atoms with van der Waals surface area (Å²) in [6.45, 7) is 0. The van der Waals surface area contributed by atoms with Gasteiger partial charge in [0.1, 0.15) is 22.3 Å². The van der Waals surface area contributed by atoms with Crippen molar-refractivity contribution in [2.45, 2.75) is 0 Å². The van der Waals surface area contributed by atoms with E-state index in [1.54, 1.807) is 6.07 Å². The Morgan fingerprint density at radius 2 is 0.532 bits per heavy atom. The van der Waals surface area contributed by atoms with Gasteiger partial charge in [-0.15, -0.1) is 0 Å². The van der Waals surface area contributed by atoms with Crippen molar-refractivity contribution in [1.82, 2.24) is 18.3 Å². The Labute approximate surface area is 552 Å². The SMILES string of the molecule is Ic1ccc2oc3ccc(-n4c5ccccc5c5ccccc54)cc3c2c1.OB(O)c1ccc2c(c1)c1ccccc1n2-c1ccccc1.c1ccc(-n2c3ccccc3c3cc(-c4ccc5oc6ccc(-n7c8ccccc8c8ccccc87)cc6c5c4)ccc32)cc1. The molecule has 0 fully saturated rings. The van der Waals surface area contributed by atoms with Crippen LogP contribution in [-0.4, -0.2) is 35.4 Å². The molecule has 0 saturated heterocycles. The number of furan rings is 2. The minimum atomic E-state index is -1.46. The number of rotatable bonds is 6. The molecule has 14 aromatic carbocycles. The zero-order valence-corrected chi connectivity index (χ0v) is 52.6. The zero-order chi connectivity index (χ0) is 62.5. The standard InChI is InChI=1S/C42H26N2O.C24H14INO.C18H14BNO2/c1-2-10-29(11-3-1)43-39-17-9-6-14-33(39)34-24-27(18-21-40(34)43)28-19-22-41-35(25-28)36-26-30(20-23-42(36)45-41)44-37-15-7-4-12-31(37)32-13-5-8-16-38(32)44;25-15-9-11-23-19(13-15)20-14-16(10-12-24(20)27-23)26-21-7-3-1-5-17(21)18-6-2-4-8-22(18)26;21-19(22)13-10-11-18-16(12-13)15-8-4-5-9-17(15)20(18)14-6-2-1-3-7-14/h1-26H;1-14H;1-12,21-22H. The number of hydrogen-bond donors (Lipinski definition) is 2. The van der Waals surface area contributed by atoms with Crippen LogP contribution in [0.1, 0.15) is 0 Å². The second-order valence-electron chi connectivity index (χ2n) is 23.9. The first-order chi connectivity index (χ1) is 46.4. The van der Waals surface area contributed by atoms with Crippen molar-refractivity contribution in [1.29, 1.82) is 0 Å². The topological polar surface area (TPSA) is 86.5 Å². The highest BCUT2D eigenvalue weighted by molar-refractivity contribution is 14.1. The Hall–Kier alpha value is -11.4. The van der Waals surface area contributed by atoms with Gasteiger partial charge in [-0.1, -0.05) is 170 Å². The van der Waals surface area contributed by atoms with Crippen LogP contribution in [0.15, 0.2) is 324 Å². The molecule has 0 radical (unpaired) electrons. The second kappa shape index (κ2) is 22.5. The molecule has 0 saturated carbocycles. The van der Waals surface area contributed by atoms with Gasteiger partial charge in [-0.25, -0.2) is 0 Å². The van der Waals surface area contributed by atoms with Crippen LogP contribution in [0.5, 0.6) is 0 Å². The fourth-order valence-electron chi connectivity index (χ4n) is 14.4. The normalized spacial score (nSPS) is 11.8. The van der Waals surface area contributed by atoms with Gasteiger partial charge in [-0.05, 0) is 185 Å². The highest BCUT2D eigenvalue weighted by atomic mass is 127. The lowest BCUT2D eigenvalue weighted by molar-refractivity contribution is 0.426. The van der Waals surface area contributed by atoms with Gasteiger partial charge in [0.15, 0.2) is 0 Å². The van der Waals surface area contributed by atoms with Crippen LogP contribution in [0.25, 0.3) is 165 Å². The average Bonchev–Trinajstić information content (AvgIpc) is 1.62. The van der Waals surface area contributed by atoms with E-state index in [9.17, 15) is 10.0 Å². The Morgan fingerprint density at radius 3 is 0.957 bits per heavy atom. The molecule has 2 N–H and O–H groups in total. The van der Waals surface area contributed by atoms with E-state index in [4.69, 9.17) is 8.83 Å². The smallest absolute Gasteiger partial charge is 0.456 e. The van der Waals surface area contributed by atoms with Crippen LogP contribution in [0, 0.1) is 3.57 Å². The van der Waals surface area contributed by atoms with Crippen molar-refractivity contribution in [3.8, 4) is 33.9 Å². The van der Waals surface area contributed by atoms with Crippen LogP contribution < -0.4 is 5.46 Å². The van der Waals surface area contributed by atoms with Crippen molar-refractivity contribution >= 4 is 166 Å². The van der Waals surface area contributed by atoms with Crippen molar-refractivity contribution in [3.63, 3.8) is 0 Å². The van der Waals surface area contributed by atoms with E-state index in [0.29, 0.717) is 5.46 Å². The molecule has 0 spiro atoms. The number of hydrogen-bond acceptors (Lipinski definition) is 4. The molecular formula is C84H54BIN4O4. The number of para-hydroxylation sites is 8. The summed E-state index contributed by atoms with van der Waals surface area (Å²) in [7, 11) is -1.46. The predicted octanol–water partition coefficient (Wildman–Crippen LogP) is 21.2. The van der Waals surface area contributed by atoms with E-state index in [1.165, 1.54) is 91.2 Å². The maximum Gasteiger partial charge on any atom is 0.488 e. The maximum atomic E-state index is 9.43. The minimum absolute atomic E-state index is 0.503. The minimum Gasteiger partial charge on any atom is -0.456 e. The summed E-state index contributed by atoms with van der Waals surface area (Å²) in [6, 6.07) is 110. The molecule has 94 heavy (non-hydrogen) atoms. The first kappa shape index (κ1) is 55.4. The molecular weight excluding hydrogens is 1270 g/mol. The van der Waals surface area contributed by atoms with Gasteiger partial charge in [-0.2, -0.15) is 0 Å². The Morgan fingerprint density at radius 1 is 0.234 bits per heavy atom. The number of halogens is 1. The highest BCUT2D eigenvalue weighted by Crippen LogP contribution is 2.41. The molecule has 0 atom stereocenters. The Balaban J connectivity index is 0.000000113. The molecule has 0 aliphatic heterocycles. The quantitative estimate of drug-likeness (QED) is 0.128. The van der Waals surface area contributed by atoms with Crippen LogP contribution >= 0.6 is 22.6 Å². The van der Waals surface area contributed by atoms with Crippen LogP contribution in [0.2, 0.25) is 0 Å². The molecule has 0 amide bonds. The monoisotopic (exact) mass is 1320 g/mol. The molecule has 0 aliphatic rings. The third-order valence-electron chi connectivity index (χ3n) is 18.6. The van der Waals surface area contributed by atoms with Gasteiger partial charge in [0, 0.05) is 91.0 Å². The summed E-state index contributed by atoms with van der Waals surface area (Å²) in [5.41, 5.74) is 20.5. The second-order valence-corrected chi connectivity index (χ2v) is 25.2. The highest BCUT2D eigenvalue weighted by Gasteiger charge is 2.20. The molecule has 444 valence electrons. The molecule has 10 heteroatoms. The largest absolute Gasteiger partial charge is 0.488 e. The summed E-state index contributed by atoms with van der Waals surface area (Å²) >= 11 is 2.35. The molecule has 0 unspecified atom stereocenters. The van der Waals surface area contributed by atoms with Crippen molar-refractivity contribution < 1.29 is 18.9 Å². The van der Waals surface area contributed by atoms with E-state index in [2.05, 4.69) is 308 Å². The summed E-state index contributed by atoms with van der Waals surface area (Å²) in [6.07, 6.45) is 0. The molecule has 6 heterocycles. The summed E-state index contributed by atoms with van der Waals surface area (Å²) in [5, 5.41) is 33.1. The fraction of sp³-hybridized carbons (Fsp3) is 0. The van der Waals surface area contributed by atoms with Crippen LogP contribution in [-0.2, 0) is 0 Å². The number of aromatic nitrogens is 4. The van der Waals surface area contributed by atoms with Gasteiger partial charge >= 0.3 is 7.12 Å². The third-order valence-corrected chi connectivity index (χ3v) is 19.2. The van der Waals surface area contributed by atoms with Crippen LogP contribution in [0.3, 0.4) is 0 Å². The fourth-order valence-corrected chi connectivity index (χ4v) is 14.9. The molecule has 20 aromatic rings. The maximum absolute atomic E-state index is 9.43. The van der Waals surface area contributed by atoms with Crippen LogP contribution in [0.4, 0.5) is 0 Å². The molecule has 20 rings (SSSR count). The summed E-state index contributed by atoms with van der Waals surface area (Å²) in [4.78, 5) is 0. The van der Waals surface area contributed by atoms with Crippen molar-refractivity contribution in [3.05, 3.63) is 319 Å². The molecule has 6 aromatic heterocycles. The predicted molar refractivity (Wildman–Crippen MR) is 399 cm³/mol. The lowest BCUT2D eigenvalue weighted by atomic mass is 9.80. The van der Waals surface area contributed by atoms with Crippen molar-refractivity contribution in [2.75, 3.05) is 0 Å². The lowest BCUT2D eigenvalue weighted by Crippen LogP contribution is -2.29. The van der Waals surface area contributed by atoms with Gasteiger partial charge in [-0.3, -0.25) is 0 Å². The van der Waals surface area contributed by atoms with Gasteiger partial charge in [0.2, 0.25) is 0 Å². The summed E-state index contributed by atoms with van der Waals surface area (Å²) < 4.78 is 22.9. The molecule has 0 bridgehead atoms. The van der Waals surface area contributed by atoms with E-state index >= 15 is 0 Å². The first-order valence-electron chi connectivity index (χ1n) is 31.5. The first-order valence-corrected chi connectivity index (χ1v) is 32.5. The van der Waals surface area contributed by atoms with E-state index in [-0.39, 0.29) is 0 Å².